The lowest BCUT2D eigenvalue weighted by Crippen LogP contribution is -2.31. The van der Waals surface area contributed by atoms with Crippen molar-refractivity contribution in [3.05, 3.63) is 0 Å². The molecule has 5 aliphatic carbocycles. The Hall–Kier alpha value is -0.140. The van der Waals surface area contributed by atoms with Crippen molar-refractivity contribution in [1.29, 1.82) is 0 Å². The molecule has 314 valence electrons. The smallest absolute Gasteiger partial charge is 0.207 e. The zero-order chi connectivity index (χ0) is 40.4. The lowest BCUT2D eigenvalue weighted by atomic mass is 9.70. The second kappa shape index (κ2) is 24.5. The van der Waals surface area contributed by atoms with Crippen LogP contribution in [0.3, 0.4) is 0 Å². The van der Waals surface area contributed by atoms with Crippen LogP contribution in [0.2, 0.25) is 0 Å². The maximum Gasteiger partial charge on any atom is 0.248 e. The molecular weight excluding hydrogens is 639 g/mol. The summed E-state index contributed by atoms with van der Waals surface area (Å²) in [6.07, 6.45) is 26.6. The Morgan fingerprint density at radius 2 is 0.538 bits per heavy atom. The maximum atomic E-state index is 12.8. The van der Waals surface area contributed by atoms with Crippen LogP contribution in [0.25, 0.3) is 0 Å². The predicted molar refractivity (Wildman–Crippen MR) is 233 cm³/mol. The van der Waals surface area contributed by atoms with Gasteiger partial charge in [0.25, 0.3) is 0 Å². The van der Waals surface area contributed by atoms with Crippen molar-refractivity contribution in [3.8, 4) is 0 Å². The van der Waals surface area contributed by atoms with Gasteiger partial charge in [-0.1, -0.05) is 188 Å². The fraction of sp³-hybridized carbons (Fsp3) is 1.00. The van der Waals surface area contributed by atoms with E-state index >= 15 is 0 Å². The van der Waals surface area contributed by atoms with Crippen LogP contribution in [0.15, 0.2) is 0 Å². The Labute approximate surface area is 329 Å². The first kappa shape index (κ1) is 51.9. The minimum atomic E-state index is -2.37. The molecule has 0 aliphatic heterocycles. The molecule has 0 aromatic carbocycles. The van der Waals surface area contributed by atoms with E-state index in [4.69, 9.17) is 0 Å². The number of alkyl halides is 2. The molecule has 52 heavy (non-hydrogen) atoms. The van der Waals surface area contributed by atoms with Gasteiger partial charge in [-0.3, -0.25) is 0 Å². The van der Waals surface area contributed by atoms with Crippen molar-refractivity contribution in [1.82, 2.24) is 0 Å². The average molecular weight is 739 g/mol. The molecule has 0 unspecified atom stereocenters. The first-order chi connectivity index (χ1) is 23.8. The second-order valence-electron chi connectivity index (χ2n) is 22.7. The summed E-state index contributed by atoms with van der Waals surface area (Å²) in [7, 11) is 0. The minimum absolute atomic E-state index is 0.0922. The molecule has 0 atom stereocenters. The molecule has 0 aromatic rings. The molecular formula is C50H100F2. The Bertz CT molecular complexity index is 811. The maximum absolute atomic E-state index is 12.8. The van der Waals surface area contributed by atoms with E-state index in [-0.39, 0.29) is 18.3 Å². The van der Waals surface area contributed by atoms with Gasteiger partial charge in [-0.25, -0.2) is 8.78 Å². The van der Waals surface area contributed by atoms with Gasteiger partial charge in [0.2, 0.25) is 5.92 Å². The Balaban J connectivity index is 0.000000621. The van der Waals surface area contributed by atoms with Crippen LogP contribution >= 0.6 is 0 Å². The van der Waals surface area contributed by atoms with Crippen molar-refractivity contribution in [2.45, 2.75) is 258 Å². The van der Waals surface area contributed by atoms with Crippen LogP contribution in [0.5, 0.6) is 0 Å². The zero-order valence-corrected chi connectivity index (χ0v) is 39.1. The van der Waals surface area contributed by atoms with E-state index in [1.165, 1.54) is 109 Å². The summed E-state index contributed by atoms with van der Waals surface area (Å²) < 4.78 is 25.5. The quantitative estimate of drug-likeness (QED) is 0.232. The van der Waals surface area contributed by atoms with Gasteiger partial charge in [0.1, 0.15) is 0 Å². The monoisotopic (exact) mass is 739 g/mol. The lowest BCUT2D eigenvalue weighted by molar-refractivity contribution is -0.0583. The van der Waals surface area contributed by atoms with E-state index in [0.29, 0.717) is 35.0 Å². The van der Waals surface area contributed by atoms with Crippen molar-refractivity contribution >= 4 is 0 Å². The molecule has 0 heterocycles. The van der Waals surface area contributed by atoms with Gasteiger partial charge in [-0.2, -0.15) is 0 Å². The van der Waals surface area contributed by atoms with Crippen molar-refractivity contribution < 1.29 is 8.78 Å². The van der Waals surface area contributed by atoms with E-state index in [1.807, 2.05) is 13.8 Å². The largest absolute Gasteiger partial charge is 0.248 e. The highest BCUT2D eigenvalue weighted by atomic mass is 19.3. The Kier molecular flexibility index (Phi) is 24.4. The molecule has 0 amide bonds. The summed E-state index contributed by atoms with van der Waals surface area (Å²) in [5, 5.41) is 0. The van der Waals surface area contributed by atoms with Gasteiger partial charge in [0, 0.05) is 12.8 Å². The van der Waals surface area contributed by atoms with Gasteiger partial charge >= 0.3 is 0 Å². The SMILES string of the molecule is CC.CC(C)(C)C1CCC(F)(F)CC1.CC(C)(C)C1CCCC1.CC(C)(C)C1CCCCC1.CC1CCC(C(C)(C)C)CC1.CC1CCC(C)CC1. The third-order valence-corrected chi connectivity index (χ3v) is 13.9. The van der Waals surface area contributed by atoms with Crippen molar-refractivity contribution in [2.24, 2.45) is 63.1 Å². The minimum Gasteiger partial charge on any atom is -0.207 e. The van der Waals surface area contributed by atoms with Crippen molar-refractivity contribution in [2.75, 3.05) is 0 Å². The molecule has 0 aromatic heterocycles. The van der Waals surface area contributed by atoms with Crippen molar-refractivity contribution in [3.63, 3.8) is 0 Å². The van der Waals surface area contributed by atoms with E-state index in [9.17, 15) is 8.78 Å². The van der Waals surface area contributed by atoms with E-state index < -0.39 is 5.92 Å². The van der Waals surface area contributed by atoms with Crippen LogP contribution < -0.4 is 0 Å². The summed E-state index contributed by atoms with van der Waals surface area (Å²) in [6.45, 7) is 38.9. The summed E-state index contributed by atoms with van der Waals surface area (Å²) >= 11 is 0. The zero-order valence-electron chi connectivity index (χ0n) is 39.1. The van der Waals surface area contributed by atoms with Gasteiger partial charge < -0.3 is 0 Å². The number of hydrogen-bond donors (Lipinski definition) is 0. The van der Waals surface area contributed by atoms with Crippen LogP contribution in [0, 0.1) is 63.1 Å². The van der Waals surface area contributed by atoms with Crippen LogP contribution in [-0.4, -0.2) is 5.92 Å². The molecule has 0 nitrogen and oxygen atoms in total. The van der Waals surface area contributed by atoms with Crippen LogP contribution in [-0.2, 0) is 0 Å². The van der Waals surface area contributed by atoms with Gasteiger partial charge in [-0.05, 0) is 114 Å². The predicted octanol–water partition coefficient (Wildman–Crippen LogP) is 18.4. The fourth-order valence-electron chi connectivity index (χ4n) is 9.22. The molecule has 5 aliphatic rings. The molecule has 0 radical (unpaired) electrons. The van der Waals surface area contributed by atoms with Gasteiger partial charge in [0.05, 0.1) is 0 Å². The topological polar surface area (TPSA) is 0 Å². The number of rotatable bonds is 0. The summed E-state index contributed by atoms with van der Waals surface area (Å²) in [5.74, 6) is 4.14. The lowest BCUT2D eigenvalue weighted by Gasteiger charge is -2.36. The third-order valence-electron chi connectivity index (χ3n) is 13.9. The third kappa shape index (κ3) is 23.7. The number of hydrogen-bond acceptors (Lipinski definition) is 0. The van der Waals surface area contributed by atoms with E-state index in [1.54, 1.807) is 0 Å². The molecule has 0 spiro atoms. The van der Waals surface area contributed by atoms with E-state index in [2.05, 4.69) is 104 Å². The van der Waals surface area contributed by atoms with Crippen LogP contribution in [0.1, 0.15) is 253 Å². The summed E-state index contributed by atoms with van der Waals surface area (Å²) in [4.78, 5) is 0. The highest BCUT2D eigenvalue weighted by Gasteiger charge is 2.38. The molecule has 0 saturated heterocycles. The Morgan fingerprint density at radius 3 is 0.788 bits per heavy atom. The average Bonchev–Trinajstić information content (AvgIpc) is 3.61. The molecule has 0 N–H and O–H groups in total. The second-order valence-corrected chi connectivity index (χ2v) is 22.7. The molecule has 5 rings (SSSR count). The summed E-state index contributed by atoms with van der Waals surface area (Å²) in [6, 6.07) is 0. The highest BCUT2D eigenvalue weighted by molar-refractivity contribution is 4.84. The molecule has 2 heteroatoms. The van der Waals surface area contributed by atoms with Crippen LogP contribution in [0.4, 0.5) is 8.78 Å². The highest BCUT2D eigenvalue weighted by Crippen LogP contribution is 2.44. The normalized spacial score (nSPS) is 27.8. The standard InChI is InChI=1S/C11H22.C10H18F2.C10H20.C9H18.C8H16.C2H6/c1-9-5-7-10(8-6-9)11(2,3)4;1-9(2,3)8-4-6-10(11,12)7-5-8;1-10(2,3)9-7-5-4-6-8-9;1-9(2,3)8-6-4-5-7-8;1-7-3-5-8(2)6-4-7;1-2/h9-10H,5-8H2,1-4H3;8H,4-7H2,1-3H3;9H,4-8H2,1-3H3;8H,4-7H2,1-3H3;7-8H,3-6H2,1-2H3;1-2H3. The van der Waals surface area contributed by atoms with E-state index in [0.717, 1.165) is 35.5 Å². The number of halogens is 2. The van der Waals surface area contributed by atoms with Gasteiger partial charge in [-0.15, -0.1) is 0 Å². The fourth-order valence-corrected chi connectivity index (χ4v) is 9.22. The van der Waals surface area contributed by atoms with Gasteiger partial charge in [0.15, 0.2) is 0 Å². The Morgan fingerprint density at radius 1 is 0.327 bits per heavy atom. The first-order valence-corrected chi connectivity index (χ1v) is 23.2. The molecule has 5 fully saturated rings. The molecule has 0 bridgehead atoms. The molecule has 5 saturated carbocycles. The first-order valence-electron chi connectivity index (χ1n) is 23.2. The summed E-state index contributed by atoms with van der Waals surface area (Å²) in [5.41, 5.74) is 1.91.